The van der Waals surface area contributed by atoms with Crippen molar-refractivity contribution in [3.8, 4) is 11.3 Å². The van der Waals surface area contributed by atoms with E-state index in [9.17, 15) is 4.79 Å². The number of aromatic nitrogens is 2. The molecule has 1 aliphatic rings. The number of amides is 1. The normalized spacial score (nSPS) is 18.0. The quantitative estimate of drug-likeness (QED) is 0.885. The maximum Gasteiger partial charge on any atom is 0.287 e. The monoisotopic (exact) mass is 302 g/mol. The van der Waals surface area contributed by atoms with Gasteiger partial charge in [-0.2, -0.15) is 5.10 Å². The summed E-state index contributed by atoms with van der Waals surface area (Å²) in [7, 11) is 0. The van der Waals surface area contributed by atoms with Gasteiger partial charge in [0.1, 0.15) is 5.76 Å². The lowest BCUT2D eigenvalue weighted by Gasteiger charge is -2.09. The van der Waals surface area contributed by atoms with Gasteiger partial charge >= 0.3 is 0 Å². The molecule has 0 bridgehead atoms. The Labute approximate surface area is 129 Å². The first-order valence-corrected chi connectivity index (χ1v) is 7.76. The fourth-order valence-corrected chi connectivity index (χ4v) is 2.61. The summed E-state index contributed by atoms with van der Waals surface area (Å²) in [6.07, 6.45) is 4.67. The van der Waals surface area contributed by atoms with E-state index in [2.05, 4.69) is 29.6 Å². The Hall–Kier alpha value is -2.08. The van der Waals surface area contributed by atoms with Gasteiger partial charge in [0.05, 0.1) is 11.8 Å². The number of rotatable bonds is 5. The molecule has 6 heteroatoms. The standard InChI is InChI=1S/C16H22N4O2/c1-11(2)9-20-10-12(7-18-20)14-3-4-15(22-14)16(21)19-13-5-6-17-8-13/h3-4,7,10-11,13,17H,5-6,8-9H2,1-2H3,(H,19,21)/t13-/m0/s1. The third-order valence-electron chi connectivity index (χ3n) is 3.70. The van der Waals surface area contributed by atoms with Crippen molar-refractivity contribution in [3.63, 3.8) is 0 Å². The molecule has 0 radical (unpaired) electrons. The average Bonchev–Trinajstić information content (AvgIpc) is 3.18. The van der Waals surface area contributed by atoms with Crippen LogP contribution in [0.4, 0.5) is 0 Å². The van der Waals surface area contributed by atoms with Gasteiger partial charge in [0.2, 0.25) is 0 Å². The minimum atomic E-state index is -0.158. The first-order chi connectivity index (χ1) is 10.6. The fraction of sp³-hybridized carbons (Fsp3) is 0.500. The van der Waals surface area contributed by atoms with Gasteiger partial charge in [0.15, 0.2) is 5.76 Å². The lowest BCUT2D eigenvalue weighted by molar-refractivity contribution is 0.0913. The van der Waals surface area contributed by atoms with E-state index in [1.54, 1.807) is 12.3 Å². The number of carbonyl (C=O) groups is 1. The summed E-state index contributed by atoms with van der Waals surface area (Å²) in [6.45, 7) is 6.93. The van der Waals surface area contributed by atoms with E-state index in [4.69, 9.17) is 4.42 Å². The second-order valence-corrected chi connectivity index (χ2v) is 6.17. The largest absolute Gasteiger partial charge is 0.451 e. The van der Waals surface area contributed by atoms with Crippen LogP contribution in [0.25, 0.3) is 11.3 Å². The van der Waals surface area contributed by atoms with Crippen LogP contribution in [0.15, 0.2) is 28.9 Å². The second-order valence-electron chi connectivity index (χ2n) is 6.17. The molecule has 1 aliphatic heterocycles. The Morgan fingerprint density at radius 3 is 3.14 bits per heavy atom. The third-order valence-corrected chi connectivity index (χ3v) is 3.70. The minimum Gasteiger partial charge on any atom is -0.451 e. The maximum absolute atomic E-state index is 12.1. The summed E-state index contributed by atoms with van der Waals surface area (Å²) < 4.78 is 7.57. The van der Waals surface area contributed by atoms with Gasteiger partial charge in [-0.1, -0.05) is 13.8 Å². The summed E-state index contributed by atoms with van der Waals surface area (Å²) in [4.78, 5) is 12.1. The third kappa shape index (κ3) is 3.39. The highest BCUT2D eigenvalue weighted by Gasteiger charge is 2.20. The van der Waals surface area contributed by atoms with Crippen molar-refractivity contribution in [1.82, 2.24) is 20.4 Å². The molecule has 1 atom stereocenters. The first kappa shape index (κ1) is 14.8. The van der Waals surface area contributed by atoms with Crippen molar-refractivity contribution >= 4 is 5.91 Å². The molecule has 0 aromatic carbocycles. The van der Waals surface area contributed by atoms with Crippen LogP contribution in [-0.2, 0) is 6.54 Å². The molecular formula is C16H22N4O2. The van der Waals surface area contributed by atoms with E-state index < -0.39 is 0 Å². The predicted molar refractivity (Wildman–Crippen MR) is 83.5 cm³/mol. The molecule has 2 aromatic heterocycles. The second kappa shape index (κ2) is 6.36. The van der Waals surface area contributed by atoms with Crippen LogP contribution in [0.3, 0.4) is 0 Å². The molecule has 2 N–H and O–H groups in total. The number of hydrogen-bond acceptors (Lipinski definition) is 4. The number of nitrogens with zero attached hydrogens (tertiary/aromatic N) is 2. The van der Waals surface area contributed by atoms with Gasteiger partial charge in [-0.3, -0.25) is 9.48 Å². The molecule has 22 heavy (non-hydrogen) atoms. The van der Waals surface area contributed by atoms with E-state index in [0.29, 0.717) is 17.4 Å². The van der Waals surface area contributed by atoms with Crippen LogP contribution >= 0.6 is 0 Å². The van der Waals surface area contributed by atoms with E-state index in [-0.39, 0.29) is 11.9 Å². The van der Waals surface area contributed by atoms with E-state index in [0.717, 1.165) is 31.6 Å². The number of hydrogen-bond donors (Lipinski definition) is 2. The number of carbonyl (C=O) groups excluding carboxylic acids is 1. The minimum absolute atomic E-state index is 0.158. The molecule has 0 spiro atoms. The summed E-state index contributed by atoms with van der Waals surface area (Å²) in [5.41, 5.74) is 0.891. The highest BCUT2D eigenvalue weighted by Crippen LogP contribution is 2.22. The van der Waals surface area contributed by atoms with Crippen molar-refractivity contribution < 1.29 is 9.21 Å². The van der Waals surface area contributed by atoms with Crippen molar-refractivity contribution in [2.24, 2.45) is 5.92 Å². The van der Waals surface area contributed by atoms with E-state index in [1.165, 1.54) is 0 Å². The zero-order chi connectivity index (χ0) is 15.5. The summed E-state index contributed by atoms with van der Waals surface area (Å²) in [6, 6.07) is 3.72. The Kier molecular flexibility index (Phi) is 4.29. The average molecular weight is 302 g/mol. The molecule has 1 saturated heterocycles. The molecule has 0 saturated carbocycles. The Balaban J connectivity index is 1.67. The summed E-state index contributed by atoms with van der Waals surface area (Å²) in [5.74, 6) is 1.39. The van der Waals surface area contributed by atoms with Crippen molar-refractivity contribution in [2.75, 3.05) is 13.1 Å². The Bertz CT molecular complexity index is 638. The van der Waals surface area contributed by atoms with Crippen molar-refractivity contribution in [2.45, 2.75) is 32.9 Å². The molecule has 118 valence electrons. The van der Waals surface area contributed by atoms with Crippen LogP contribution in [0.5, 0.6) is 0 Å². The predicted octanol–water partition coefficient (Wildman–Crippen LogP) is 1.89. The Morgan fingerprint density at radius 1 is 1.55 bits per heavy atom. The molecule has 2 aromatic rings. The molecule has 1 fully saturated rings. The van der Waals surface area contributed by atoms with Gasteiger partial charge < -0.3 is 15.1 Å². The van der Waals surface area contributed by atoms with Gasteiger partial charge in [0, 0.05) is 25.3 Å². The van der Waals surface area contributed by atoms with E-state index >= 15 is 0 Å². The van der Waals surface area contributed by atoms with Gasteiger partial charge in [-0.05, 0) is 31.0 Å². The van der Waals surface area contributed by atoms with Gasteiger partial charge in [0.25, 0.3) is 5.91 Å². The van der Waals surface area contributed by atoms with Gasteiger partial charge in [-0.25, -0.2) is 0 Å². The fourth-order valence-electron chi connectivity index (χ4n) is 2.61. The zero-order valence-corrected chi connectivity index (χ0v) is 13.0. The van der Waals surface area contributed by atoms with Crippen LogP contribution in [0, 0.1) is 5.92 Å². The summed E-state index contributed by atoms with van der Waals surface area (Å²) >= 11 is 0. The van der Waals surface area contributed by atoms with E-state index in [1.807, 2.05) is 16.9 Å². The topological polar surface area (TPSA) is 72.1 Å². The zero-order valence-electron chi connectivity index (χ0n) is 13.0. The number of furan rings is 1. The molecule has 6 nitrogen and oxygen atoms in total. The first-order valence-electron chi connectivity index (χ1n) is 7.76. The highest BCUT2D eigenvalue weighted by atomic mass is 16.3. The highest BCUT2D eigenvalue weighted by molar-refractivity contribution is 5.92. The molecule has 3 heterocycles. The molecular weight excluding hydrogens is 280 g/mol. The smallest absolute Gasteiger partial charge is 0.287 e. The molecule has 3 rings (SSSR count). The maximum atomic E-state index is 12.1. The summed E-state index contributed by atoms with van der Waals surface area (Å²) in [5, 5.41) is 10.5. The van der Waals surface area contributed by atoms with Gasteiger partial charge in [-0.15, -0.1) is 0 Å². The SMILES string of the molecule is CC(C)Cn1cc(-c2ccc(C(=O)N[C@H]3CCNC3)o2)cn1. The van der Waals surface area contributed by atoms with Crippen LogP contribution in [0.1, 0.15) is 30.8 Å². The van der Waals surface area contributed by atoms with Crippen LogP contribution in [-0.4, -0.2) is 34.8 Å². The van der Waals surface area contributed by atoms with Crippen molar-refractivity contribution in [3.05, 3.63) is 30.3 Å². The molecule has 0 aliphatic carbocycles. The Morgan fingerprint density at radius 2 is 2.41 bits per heavy atom. The molecule has 0 unspecified atom stereocenters. The van der Waals surface area contributed by atoms with Crippen LogP contribution < -0.4 is 10.6 Å². The lowest BCUT2D eigenvalue weighted by atomic mass is 10.2. The lowest BCUT2D eigenvalue weighted by Crippen LogP contribution is -2.35. The van der Waals surface area contributed by atoms with Crippen LogP contribution in [0.2, 0.25) is 0 Å². The molecule has 1 amide bonds. The van der Waals surface area contributed by atoms with Crippen molar-refractivity contribution in [1.29, 1.82) is 0 Å². The number of nitrogens with one attached hydrogen (secondary N) is 2.